The number of nitrogens with zero attached hydrogens (tertiary/aromatic N) is 10. The fourth-order valence-electron chi connectivity index (χ4n) is 15.0. The lowest BCUT2D eigenvalue weighted by atomic mass is 9.80. The quantitative estimate of drug-likeness (QED) is 0.0153. The van der Waals surface area contributed by atoms with Gasteiger partial charge in [-0.25, -0.2) is 78.4 Å². The first-order valence-corrected chi connectivity index (χ1v) is 56.2. The number of aryl methyl sites for hydroxylation is 2. The molecular weight excluding hydrogens is 2170 g/mol. The van der Waals surface area contributed by atoms with Gasteiger partial charge in [-0.2, -0.15) is 17.2 Å². The SMILES string of the molecule is C=CC(=O)Nc1cccc(-c2cnc3[nH]cc(-c4cccc(S(=O)(=O)N(CC)CC)c4)c3c2)c1.C=CC(=O)Nc1cccc(B(O)O)c1.CCN(CC)S(=O)(=O)c1cccc(-c2c[nH]c3ncc(Br)cc23)c1.CCN(CC)S(=O)(=O)c1cccc(-c2cn(S(=O)(=O)c3ccc(C)cc3)c3ncc(Br)cc23)c1.CCN(CC)S(=O)(=O)c1cccc(B(O)O)c1.Cc1ccc(S(=O)(=O)n2cc(Cl)c3cc(Br)cnc32)cc1. The Morgan fingerprint density at radius 3 is 1.11 bits per heavy atom. The molecule has 144 heavy (non-hydrogen) atoms. The third kappa shape index (κ3) is 26.5. The number of anilines is 2. The van der Waals surface area contributed by atoms with Crippen LogP contribution in [0.2, 0.25) is 5.02 Å². The number of carbonyl (C=O) groups is 2. The number of hydrogen-bond acceptors (Lipinski definition) is 22. The van der Waals surface area contributed by atoms with Gasteiger partial charge in [-0.15, -0.1) is 0 Å². The van der Waals surface area contributed by atoms with Gasteiger partial charge in [-0.3, -0.25) is 9.59 Å². The van der Waals surface area contributed by atoms with Gasteiger partial charge < -0.3 is 40.7 Å². The summed E-state index contributed by atoms with van der Waals surface area (Å²) in [6.45, 7) is 28.2. The number of aromatic nitrogens is 8. The Kier molecular flexibility index (Phi) is 38.6. The van der Waals surface area contributed by atoms with Gasteiger partial charge in [0.15, 0.2) is 11.3 Å². The molecule has 8 aromatic carbocycles. The standard InChI is InChI=1S/C26H26N4O3S.C24H24BrN3O4S2.C17H18BrN3O2S.C14H10BrClN2O2S.C10H16BNO4S.C9H10BNO3/c1-4-25(31)29-21-11-7-9-18(13-21)20-15-23-24(17-28-26(23)27-16-20)19-10-8-12-22(14-19)34(32,33)30(5-2)6-3;1-4-27(5-2)33(29,30)21-8-6-7-18(13-21)23-16-28(24-22(23)14-19(25)15-26-24)34(31,32)20-11-9-17(3)10-12-20;1-3-21(4-2)24(22,23)14-7-5-6-12(8-14)16-11-20-17-15(16)9-13(18)10-19-17;1-9-2-4-11(5-3-9)21(19,20)18-8-13(16)12-6-10(15)7-17-14(12)18;1-3-12(4-2)17(15,16)10-7-5-6-9(8-10)11(13)14;1-2-9(12)11-8-5-3-4-7(6-8)10(13)14/h4,7-17H,1,5-6H2,2-3H3,(H,27,28)(H,29,31);6-16H,4-5H2,1-3H3;5-11H,3-4H2,1-2H3,(H,19,20);2-8H,1H3;5-8,13-14H,3-4H2,1-2H3;2-6,13-14H,1H2,(H,11,12). The highest BCUT2D eigenvalue weighted by molar-refractivity contribution is 9.11. The Morgan fingerprint density at radius 2 is 0.701 bits per heavy atom. The number of nitrogens with one attached hydrogen (secondary N) is 4. The van der Waals surface area contributed by atoms with Gasteiger partial charge in [0.2, 0.25) is 51.9 Å². The third-order valence-electron chi connectivity index (χ3n) is 22.5. The topological polar surface area (TPSA) is 450 Å². The van der Waals surface area contributed by atoms with Crippen molar-refractivity contribution in [1.29, 1.82) is 0 Å². The van der Waals surface area contributed by atoms with Crippen LogP contribution in [0.5, 0.6) is 0 Å². The first-order valence-electron chi connectivity index (χ1n) is 44.8. The van der Waals surface area contributed by atoms with Gasteiger partial charge in [-0.1, -0.05) is 188 Å². The molecule has 0 unspecified atom stereocenters. The molecule has 8 aromatic heterocycles. The molecule has 0 aliphatic carbocycles. The van der Waals surface area contributed by atoms with E-state index in [0.29, 0.717) is 117 Å². The number of benzene rings is 8. The van der Waals surface area contributed by atoms with Crippen LogP contribution in [0.4, 0.5) is 11.4 Å². The van der Waals surface area contributed by atoms with Crippen LogP contribution in [0.15, 0.2) is 336 Å². The van der Waals surface area contributed by atoms with Crippen molar-refractivity contribution in [3.8, 4) is 44.5 Å². The molecule has 0 fully saturated rings. The maximum atomic E-state index is 13.5. The highest BCUT2D eigenvalue weighted by Gasteiger charge is 2.31. The molecule has 0 saturated carbocycles. The van der Waals surface area contributed by atoms with Crippen LogP contribution in [0.3, 0.4) is 0 Å². The molecule has 16 aromatic rings. The van der Waals surface area contributed by atoms with E-state index in [9.17, 15) is 60.1 Å². The summed E-state index contributed by atoms with van der Waals surface area (Å²) in [5, 5.41) is 44.4. The average molecular weight is 2280 g/mol. The highest BCUT2D eigenvalue weighted by atomic mass is 79.9. The second kappa shape index (κ2) is 49.4. The Balaban J connectivity index is 0.000000169. The number of H-pyrrole nitrogens is 2. The summed E-state index contributed by atoms with van der Waals surface area (Å²) in [6.07, 6.45) is 15.5. The molecule has 8 N–H and O–H groups in total. The molecule has 32 nitrogen and oxygen atoms in total. The fraction of sp³-hybridized carbons (Fsp3) is 0.180. The predicted molar refractivity (Wildman–Crippen MR) is 580 cm³/mol. The zero-order chi connectivity index (χ0) is 105. The summed E-state index contributed by atoms with van der Waals surface area (Å²) in [5.41, 5.74) is 11.9. The van der Waals surface area contributed by atoms with Gasteiger partial charge in [0.05, 0.1) is 34.4 Å². The van der Waals surface area contributed by atoms with E-state index in [0.717, 1.165) is 83.9 Å². The van der Waals surface area contributed by atoms with Crippen LogP contribution in [0.1, 0.15) is 66.5 Å². The molecule has 0 atom stereocenters. The molecule has 0 radical (unpaired) electrons. The summed E-state index contributed by atoms with van der Waals surface area (Å²) in [4.78, 5) is 47.4. The van der Waals surface area contributed by atoms with Crippen molar-refractivity contribution in [3.05, 3.63) is 323 Å². The van der Waals surface area contributed by atoms with Gasteiger partial charge in [0.1, 0.15) is 11.3 Å². The monoisotopic (exact) mass is 2270 g/mol. The van der Waals surface area contributed by atoms with Gasteiger partial charge in [0.25, 0.3) is 20.0 Å². The molecule has 0 saturated heterocycles. The smallest absolute Gasteiger partial charge is 0.423 e. The molecule has 0 aliphatic heterocycles. The second-order valence-corrected chi connectivity index (χ2v) is 46.3. The zero-order valence-electron chi connectivity index (χ0n) is 79.7. The molecule has 16 rings (SSSR count). The largest absolute Gasteiger partial charge is 0.488 e. The van der Waals surface area contributed by atoms with Crippen LogP contribution in [-0.4, -0.2) is 204 Å². The van der Waals surface area contributed by atoms with Crippen molar-refractivity contribution >= 4 is 212 Å². The lowest BCUT2D eigenvalue weighted by Crippen LogP contribution is -2.33. The molecule has 0 aliphatic rings. The van der Waals surface area contributed by atoms with Gasteiger partial charge in [-0.05, 0) is 228 Å². The number of carbonyl (C=O) groups excluding carboxylic acids is 2. The lowest BCUT2D eigenvalue weighted by molar-refractivity contribution is -0.112. The summed E-state index contributed by atoms with van der Waals surface area (Å²) < 4.78 is 164. The highest BCUT2D eigenvalue weighted by Crippen LogP contribution is 2.39. The number of rotatable bonds is 30. The van der Waals surface area contributed by atoms with Crippen LogP contribution in [0.25, 0.3) is 88.6 Å². The number of amides is 2. The Bertz CT molecular complexity index is 8120. The number of halogens is 4. The summed E-state index contributed by atoms with van der Waals surface area (Å²) >= 11 is 16.3. The van der Waals surface area contributed by atoms with E-state index in [2.05, 4.69) is 101 Å². The molecule has 8 heterocycles. The summed E-state index contributed by atoms with van der Waals surface area (Å²) in [6, 6.07) is 60.8. The van der Waals surface area contributed by atoms with E-state index < -0.39 is 74.4 Å². The van der Waals surface area contributed by atoms with Crippen molar-refractivity contribution in [1.82, 2.24) is 55.1 Å². The fourth-order valence-corrected chi connectivity index (χ4v) is 25.0. The van der Waals surface area contributed by atoms with Crippen molar-refractivity contribution in [2.45, 2.75) is 98.6 Å². The van der Waals surface area contributed by atoms with Crippen LogP contribution >= 0.6 is 59.4 Å². The third-order valence-corrected chi connectivity index (χ3v) is 35.7. The number of fused-ring (bicyclic) bond motifs is 4. The minimum atomic E-state index is -3.93. The minimum absolute atomic E-state index is 0.0757. The zero-order valence-corrected chi connectivity index (χ0v) is 90.1. The predicted octanol–water partition coefficient (Wildman–Crippen LogP) is 17.0. The minimum Gasteiger partial charge on any atom is -0.423 e. The summed E-state index contributed by atoms with van der Waals surface area (Å²) in [7, 11) is -25.1. The van der Waals surface area contributed by atoms with Gasteiger partial charge >= 0.3 is 14.2 Å². The van der Waals surface area contributed by atoms with E-state index >= 15 is 0 Å². The molecule has 2 amide bonds. The van der Waals surface area contributed by atoms with E-state index in [-0.39, 0.29) is 47.4 Å². The van der Waals surface area contributed by atoms with Crippen molar-refractivity contribution in [2.24, 2.45) is 0 Å². The Labute approximate surface area is 868 Å². The summed E-state index contributed by atoms with van der Waals surface area (Å²) in [5.74, 6) is -0.618. The molecule has 44 heteroatoms. The lowest BCUT2D eigenvalue weighted by Gasteiger charge is -2.18. The number of pyridine rings is 4. The van der Waals surface area contributed by atoms with Crippen LogP contribution in [-0.2, 0) is 69.7 Å². The van der Waals surface area contributed by atoms with Crippen LogP contribution in [0, 0.1) is 13.8 Å². The van der Waals surface area contributed by atoms with Crippen molar-refractivity contribution < 1.29 is 80.2 Å². The first-order chi connectivity index (χ1) is 68.4. The van der Waals surface area contributed by atoms with Crippen LogP contribution < -0.4 is 21.6 Å². The number of sulfonamides is 4. The maximum Gasteiger partial charge on any atom is 0.488 e. The van der Waals surface area contributed by atoms with Crippen molar-refractivity contribution in [3.63, 3.8) is 0 Å². The van der Waals surface area contributed by atoms with Crippen molar-refractivity contribution in [2.75, 3.05) is 63.0 Å². The average Bonchev–Trinajstić information content (AvgIpc) is 1.59. The Hall–Kier alpha value is -11.8. The molecule has 752 valence electrons. The number of hydrogen-bond donors (Lipinski definition) is 8. The van der Waals surface area contributed by atoms with E-state index in [1.165, 1.54) is 72.2 Å². The number of aromatic amines is 2. The maximum absolute atomic E-state index is 13.5. The van der Waals surface area contributed by atoms with E-state index in [4.69, 9.17) is 31.7 Å². The Morgan fingerprint density at radius 1 is 0.375 bits per heavy atom. The second-order valence-electron chi connectivity index (χ2n) is 31.7. The molecule has 0 spiro atoms. The first kappa shape index (κ1) is 113. The van der Waals surface area contributed by atoms with E-state index in [1.807, 2.05) is 96.4 Å². The molecular formula is C100H104B2Br3ClN14O18S6. The van der Waals surface area contributed by atoms with Gasteiger partial charge in [0, 0.05) is 171 Å². The normalized spacial score (nSPS) is 11.8. The molecule has 0 bridgehead atoms. The van der Waals surface area contributed by atoms with E-state index in [1.54, 1.807) is 192 Å².